The van der Waals surface area contributed by atoms with E-state index in [1.165, 1.54) is 36.9 Å². The Bertz CT molecular complexity index is 456. The monoisotopic (exact) mass is 258 g/mol. The summed E-state index contributed by atoms with van der Waals surface area (Å²) in [6, 6.07) is 9.59. The van der Waals surface area contributed by atoms with Crippen LogP contribution in [0.5, 0.6) is 0 Å². The molecule has 3 rings (SSSR count). The Labute approximate surface area is 117 Å². The van der Waals surface area contributed by atoms with Crippen molar-refractivity contribution in [1.82, 2.24) is 4.90 Å². The Morgan fingerprint density at radius 3 is 2.63 bits per heavy atom. The normalized spacial score (nSPS) is 35.3. The van der Waals surface area contributed by atoms with Crippen molar-refractivity contribution >= 4 is 0 Å². The molecule has 1 saturated heterocycles. The van der Waals surface area contributed by atoms with E-state index in [4.69, 9.17) is 5.73 Å². The number of rotatable bonds is 2. The van der Waals surface area contributed by atoms with Gasteiger partial charge in [0.1, 0.15) is 0 Å². The molecule has 0 aromatic heterocycles. The number of hydrogen-bond donors (Lipinski definition) is 1. The van der Waals surface area contributed by atoms with Gasteiger partial charge in [-0.2, -0.15) is 0 Å². The average molecular weight is 258 g/mol. The molecule has 19 heavy (non-hydrogen) atoms. The molecular weight excluding hydrogens is 232 g/mol. The van der Waals surface area contributed by atoms with E-state index in [2.05, 4.69) is 43.0 Å². The van der Waals surface area contributed by atoms with Gasteiger partial charge in [0.15, 0.2) is 0 Å². The first-order valence-corrected chi connectivity index (χ1v) is 7.68. The fourth-order valence-electron chi connectivity index (χ4n) is 4.28. The molecule has 3 unspecified atom stereocenters. The summed E-state index contributed by atoms with van der Waals surface area (Å²) in [6.45, 7) is 6.76. The summed E-state index contributed by atoms with van der Waals surface area (Å²) < 4.78 is 0. The quantitative estimate of drug-likeness (QED) is 0.883. The van der Waals surface area contributed by atoms with Crippen molar-refractivity contribution in [2.24, 2.45) is 11.7 Å². The van der Waals surface area contributed by atoms with Crippen LogP contribution in [0, 0.1) is 5.92 Å². The van der Waals surface area contributed by atoms with E-state index >= 15 is 0 Å². The molecule has 104 valence electrons. The maximum atomic E-state index is 6.24. The highest BCUT2D eigenvalue weighted by atomic mass is 15.3. The maximum absolute atomic E-state index is 6.24. The molecule has 2 N–H and O–H groups in total. The van der Waals surface area contributed by atoms with Crippen LogP contribution in [-0.2, 0) is 12.8 Å². The summed E-state index contributed by atoms with van der Waals surface area (Å²) in [7, 11) is 0. The van der Waals surface area contributed by atoms with Crippen LogP contribution in [0.3, 0.4) is 0 Å². The van der Waals surface area contributed by atoms with E-state index in [0.29, 0.717) is 6.04 Å². The van der Waals surface area contributed by atoms with Crippen molar-refractivity contribution in [3.8, 4) is 0 Å². The van der Waals surface area contributed by atoms with Crippen molar-refractivity contribution in [2.75, 3.05) is 13.1 Å². The molecule has 1 aromatic carbocycles. The van der Waals surface area contributed by atoms with E-state index in [1.807, 2.05) is 0 Å². The van der Waals surface area contributed by atoms with E-state index in [1.54, 1.807) is 0 Å². The van der Waals surface area contributed by atoms with E-state index in [0.717, 1.165) is 18.9 Å². The molecule has 0 radical (unpaired) electrons. The predicted molar refractivity (Wildman–Crippen MR) is 80.2 cm³/mol. The lowest BCUT2D eigenvalue weighted by atomic mass is 9.76. The maximum Gasteiger partial charge on any atom is 0.0378 e. The lowest BCUT2D eigenvalue weighted by molar-refractivity contribution is 0.0708. The zero-order chi connectivity index (χ0) is 13.5. The Hall–Kier alpha value is -0.860. The van der Waals surface area contributed by atoms with E-state index < -0.39 is 0 Å². The number of hydrogen-bond acceptors (Lipinski definition) is 2. The van der Waals surface area contributed by atoms with E-state index in [-0.39, 0.29) is 5.54 Å². The minimum atomic E-state index is 0.207. The number of nitrogens with two attached hydrogens (primary N) is 1. The first-order chi connectivity index (χ1) is 9.14. The third-order valence-electron chi connectivity index (χ3n) is 5.27. The number of aryl methyl sites for hydroxylation is 1. The highest BCUT2D eigenvalue weighted by Gasteiger charge is 2.43. The van der Waals surface area contributed by atoms with Gasteiger partial charge in [0.2, 0.25) is 0 Å². The molecule has 2 heteroatoms. The standard InChI is InChI=1S/C17H26N2/c1-13-9-14(2)19(11-13)17(12-18)8-7-15-5-3-4-6-16(15)10-17/h3-6,13-14H,7-12,18H2,1-2H3. The Morgan fingerprint density at radius 1 is 1.26 bits per heavy atom. The van der Waals surface area contributed by atoms with Gasteiger partial charge < -0.3 is 5.73 Å². The summed E-state index contributed by atoms with van der Waals surface area (Å²) in [5.41, 5.74) is 9.50. The molecule has 1 fully saturated rings. The lowest BCUT2D eigenvalue weighted by Gasteiger charge is -2.47. The number of fused-ring (bicyclic) bond motifs is 1. The third-order valence-corrected chi connectivity index (χ3v) is 5.27. The summed E-state index contributed by atoms with van der Waals surface area (Å²) in [4.78, 5) is 2.72. The second-order valence-corrected chi connectivity index (χ2v) is 6.72. The Balaban J connectivity index is 1.90. The van der Waals surface area contributed by atoms with Crippen molar-refractivity contribution < 1.29 is 0 Å². The smallest absolute Gasteiger partial charge is 0.0378 e. The fourth-order valence-corrected chi connectivity index (χ4v) is 4.28. The first-order valence-electron chi connectivity index (χ1n) is 7.68. The zero-order valence-corrected chi connectivity index (χ0v) is 12.2. The molecule has 2 nitrogen and oxygen atoms in total. The van der Waals surface area contributed by atoms with Crippen LogP contribution in [0.2, 0.25) is 0 Å². The predicted octanol–water partition coefficient (Wildman–Crippen LogP) is 2.60. The first kappa shape index (κ1) is 13.1. The lowest BCUT2D eigenvalue weighted by Crippen LogP contribution is -2.58. The van der Waals surface area contributed by atoms with Crippen LogP contribution < -0.4 is 5.73 Å². The minimum Gasteiger partial charge on any atom is -0.329 e. The minimum absolute atomic E-state index is 0.207. The second-order valence-electron chi connectivity index (χ2n) is 6.72. The van der Waals surface area contributed by atoms with Gasteiger partial charge in [0.25, 0.3) is 0 Å². The second kappa shape index (κ2) is 4.92. The van der Waals surface area contributed by atoms with Crippen molar-refractivity contribution in [2.45, 2.75) is 51.1 Å². The van der Waals surface area contributed by atoms with Crippen LogP contribution in [0.25, 0.3) is 0 Å². The molecule has 0 bridgehead atoms. The van der Waals surface area contributed by atoms with Gasteiger partial charge in [-0.25, -0.2) is 0 Å². The molecule has 0 saturated carbocycles. The van der Waals surface area contributed by atoms with Gasteiger partial charge in [0, 0.05) is 24.7 Å². The van der Waals surface area contributed by atoms with Crippen LogP contribution in [-0.4, -0.2) is 29.6 Å². The van der Waals surface area contributed by atoms with Crippen LogP contribution >= 0.6 is 0 Å². The SMILES string of the molecule is CC1CC(C)N(C2(CN)CCc3ccccc3C2)C1. The summed E-state index contributed by atoms with van der Waals surface area (Å²) >= 11 is 0. The fraction of sp³-hybridized carbons (Fsp3) is 0.647. The number of nitrogens with zero attached hydrogens (tertiary/aromatic N) is 1. The van der Waals surface area contributed by atoms with Crippen LogP contribution in [0.15, 0.2) is 24.3 Å². The summed E-state index contributed by atoms with van der Waals surface area (Å²) in [6.07, 6.45) is 4.86. The van der Waals surface area contributed by atoms with Gasteiger partial charge in [-0.15, -0.1) is 0 Å². The molecule has 1 heterocycles. The molecule has 1 aliphatic heterocycles. The average Bonchev–Trinajstić information content (AvgIpc) is 2.77. The van der Waals surface area contributed by atoms with E-state index in [9.17, 15) is 0 Å². The molecule has 2 aliphatic rings. The van der Waals surface area contributed by atoms with Crippen molar-refractivity contribution in [1.29, 1.82) is 0 Å². The summed E-state index contributed by atoms with van der Waals surface area (Å²) in [5.74, 6) is 0.815. The van der Waals surface area contributed by atoms with Gasteiger partial charge in [-0.05, 0) is 49.7 Å². The van der Waals surface area contributed by atoms with Gasteiger partial charge >= 0.3 is 0 Å². The number of benzene rings is 1. The van der Waals surface area contributed by atoms with Gasteiger partial charge in [-0.1, -0.05) is 31.2 Å². The number of likely N-dealkylation sites (tertiary alicyclic amines) is 1. The largest absolute Gasteiger partial charge is 0.329 e. The molecule has 0 spiro atoms. The summed E-state index contributed by atoms with van der Waals surface area (Å²) in [5, 5.41) is 0. The van der Waals surface area contributed by atoms with Crippen LogP contribution in [0.1, 0.15) is 37.8 Å². The molecule has 1 aromatic rings. The van der Waals surface area contributed by atoms with Gasteiger partial charge in [-0.3, -0.25) is 4.90 Å². The Morgan fingerprint density at radius 2 is 2.00 bits per heavy atom. The highest BCUT2D eigenvalue weighted by Crippen LogP contribution is 2.38. The van der Waals surface area contributed by atoms with Crippen molar-refractivity contribution in [3.05, 3.63) is 35.4 Å². The molecular formula is C17H26N2. The topological polar surface area (TPSA) is 29.3 Å². The third kappa shape index (κ3) is 2.21. The molecule has 1 aliphatic carbocycles. The highest BCUT2D eigenvalue weighted by molar-refractivity contribution is 5.32. The van der Waals surface area contributed by atoms with Crippen LogP contribution in [0.4, 0.5) is 0 Å². The molecule has 3 atom stereocenters. The van der Waals surface area contributed by atoms with Gasteiger partial charge in [0.05, 0.1) is 0 Å². The Kier molecular flexibility index (Phi) is 3.40. The van der Waals surface area contributed by atoms with Crippen molar-refractivity contribution in [3.63, 3.8) is 0 Å². The zero-order valence-electron chi connectivity index (χ0n) is 12.2. The molecule has 0 amide bonds.